The van der Waals surface area contributed by atoms with E-state index in [0.717, 1.165) is 60.1 Å². The zero-order valence-electron chi connectivity index (χ0n) is 18.7. The van der Waals surface area contributed by atoms with Crippen LogP contribution in [0.2, 0.25) is 0 Å². The number of hydrogen-bond acceptors (Lipinski definition) is 6. The monoisotopic (exact) mass is 422 g/mol. The number of benzene rings is 1. The summed E-state index contributed by atoms with van der Waals surface area (Å²) >= 11 is 0. The maximum absolute atomic E-state index is 6.03. The molecule has 1 aromatic carbocycles. The fourth-order valence-corrected chi connectivity index (χ4v) is 4.04. The molecule has 0 radical (unpaired) electrons. The summed E-state index contributed by atoms with van der Waals surface area (Å²) in [6, 6.07) is 10.0. The van der Waals surface area contributed by atoms with E-state index in [2.05, 4.69) is 35.3 Å². The van der Waals surface area contributed by atoms with Gasteiger partial charge in [-0.25, -0.2) is 0 Å². The fraction of sp³-hybridized carbons (Fsp3) is 0.417. The predicted octanol–water partition coefficient (Wildman–Crippen LogP) is 3.31. The molecule has 31 heavy (non-hydrogen) atoms. The molecule has 3 aromatic rings. The van der Waals surface area contributed by atoms with E-state index in [1.54, 1.807) is 14.2 Å². The van der Waals surface area contributed by atoms with E-state index in [0.29, 0.717) is 6.61 Å². The highest BCUT2D eigenvalue weighted by Crippen LogP contribution is 2.27. The second-order valence-corrected chi connectivity index (χ2v) is 7.95. The van der Waals surface area contributed by atoms with Gasteiger partial charge in [0.1, 0.15) is 17.6 Å². The molecule has 4 rings (SSSR count). The Morgan fingerprint density at radius 2 is 2.00 bits per heavy atom. The van der Waals surface area contributed by atoms with Crippen molar-refractivity contribution in [1.29, 1.82) is 0 Å². The highest BCUT2D eigenvalue weighted by atomic mass is 16.5. The maximum Gasteiger partial charge on any atom is 0.122 e. The van der Waals surface area contributed by atoms with Crippen molar-refractivity contribution < 1.29 is 14.2 Å². The van der Waals surface area contributed by atoms with Gasteiger partial charge in [0.2, 0.25) is 0 Å². The van der Waals surface area contributed by atoms with E-state index < -0.39 is 0 Å². The lowest BCUT2D eigenvalue weighted by Gasteiger charge is -2.32. The molecule has 0 spiro atoms. The van der Waals surface area contributed by atoms with Crippen LogP contribution in [0.5, 0.6) is 11.5 Å². The molecule has 0 saturated carbocycles. The summed E-state index contributed by atoms with van der Waals surface area (Å²) in [7, 11) is 5.32. The van der Waals surface area contributed by atoms with Crippen LogP contribution in [0.25, 0.3) is 0 Å². The SMILES string of the molecule is COc1ccc(OC)c(Cc2ccc(C3CN(Cc4cn(C)nc4C)CCO3)nc2)c1. The Morgan fingerprint density at radius 3 is 2.68 bits per heavy atom. The van der Waals surface area contributed by atoms with Gasteiger partial charge in [-0.1, -0.05) is 6.07 Å². The third kappa shape index (κ3) is 5.06. The minimum atomic E-state index is -0.0221. The van der Waals surface area contributed by atoms with Gasteiger partial charge in [-0.2, -0.15) is 5.10 Å². The third-order valence-electron chi connectivity index (χ3n) is 5.72. The van der Waals surface area contributed by atoms with Crippen molar-refractivity contribution in [3.05, 3.63) is 70.8 Å². The number of morpholine rings is 1. The molecular formula is C24H30N4O3. The first-order valence-corrected chi connectivity index (χ1v) is 10.5. The second-order valence-electron chi connectivity index (χ2n) is 7.95. The standard InChI is InChI=1S/C24H30N4O3/c1-17-20(14-27(2)26-17)15-28-9-10-31-24(16-28)22-7-5-18(13-25-22)11-19-12-21(29-3)6-8-23(19)30-4/h5-8,12-14,24H,9-11,15-16H2,1-4H3. The van der Waals surface area contributed by atoms with Crippen LogP contribution in [0.4, 0.5) is 0 Å². The van der Waals surface area contributed by atoms with E-state index in [4.69, 9.17) is 19.2 Å². The number of rotatable bonds is 7. The molecule has 1 fully saturated rings. The molecule has 7 nitrogen and oxygen atoms in total. The van der Waals surface area contributed by atoms with Crippen LogP contribution >= 0.6 is 0 Å². The number of aryl methyl sites for hydroxylation is 2. The summed E-state index contributed by atoms with van der Waals surface area (Å²) in [5.41, 5.74) is 5.51. The molecule has 1 atom stereocenters. The number of ether oxygens (including phenoxy) is 3. The summed E-state index contributed by atoms with van der Waals surface area (Å²) in [4.78, 5) is 7.13. The van der Waals surface area contributed by atoms with Crippen molar-refractivity contribution in [2.75, 3.05) is 33.9 Å². The maximum atomic E-state index is 6.03. The van der Waals surface area contributed by atoms with Gasteiger partial charge in [0.25, 0.3) is 0 Å². The highest BCUT2D eigenvalue weighted by Gasteiger charge is 2.24. The Hall–Kier alpha value is -2.90. The third-order valence-corrected chi connectivity index (χ3v) is 5.72. The molecule has 1 aliphatic rings. The molecule has 1 aliphatic heterocycles. The Labute approximate surface area is 183 Å². The average molecular weight is 423 g/mol. The Bertz CT molecular complexity index is 1020. The van der Waals surface area contributed by atoms with Gasteiger partial charge < -0.3 is 14.2 Å². The first kappa shape index (κ1) is 21.3. The lowest BCUT2D eigenvalue weighted by atomic mass is 10.0. The van der Waals surface area contributed by atoms with Crippen LogP contribution in [0.3, 0.4) is 0 Å². The number of aromatic nitrogens is 3. The molecule has 0 N–H and O–H groups in total. The lowest BCUT2D eigenvalue weighted by molar-refractivity contribution is -0.0350. The number of methoxy groups -OCH3 is 2. The first-order valence-electron chi connectivity index (χ1n) is 10.5. The molecule has 164 valence electrons. The van der Waals surface area contributed by atoms with E-state index in [-0.39, 0.29) is 6.10 Å². The zero-order valence-corrected chi connectivity index (χ0v) is 18.7. The van der Waals surface area contributed by atoms with Gasteiger partial charge in [0, 0.05) is 56.6 Å². The Morgan fingerprint density at radius 1 is 1.13 bits per heavy atom. The molecule has 0 amide bonds. The average Bonchev–Trinajstić information content (AvgIpc) is 3.10. The van der Waals surface area contributed by atoms with Gasteiger partial charge in [-0.3, -0.25) is 14.6 Å². The first-order chi connectivity index (χ1) is 15.1. The van der Waals surface area contributed by atoms with E-state index in [9.17, 15) is 0 Å². The summed E-state index contributed by atoms with van der Waals surface area (Å²) < 4.78 is 18.8. The lowest BCUT2D eigenvalue weighted by Crippen LogP contribution is -2.38. The van der Waals surface area contributed by atoms with Gasteiger partial charge in [-0.15, -0.1) is 0 Å². The van der Waals surface area contributed by atoms with Crippen molar-refractivity contribution in [2.24, 2.45) is 7.05 Å². The van der Waals surface area contributed by atoms with Crippen molar-refractivity contribution >= 4 is 0 Å². The van der Waals surface area contributed by atoms with Gasteiger partial charge >= 0.3 is 0 Å². The molecule has 7 heteroatoms. The smallest absolute Gasteiger partial charge is 0.122 e. The van der Waals surface area contributed by atoms with Crippen LogP contribution < -0.4 is 9.47 Å². The largest absolute Gasteiger partial charge is 0.497 e. The van der Waals surface area contributed by atoms with Crippen molar-refractivity contribution in [1.82, 2.24) is 19.7 Å². The number of nitrogens with zero attached hydrogens (tertiary/aromatic N) is 4. The molecule has 1 unspecified atom stereocenters. The second kappa shape index (κ2) is 9.49. The molecule has 3 heterocycles. The molecule has 2 aromatic heterocycles. The summed E-state index contributed by atoms with van der Waals surface area (Å²) in [5.74, 6) is 1.67. The fourth-order valence-electron chi connectivity index (χ4n) is 4.04. The van der Waals surface area contributed by atoms with Crippen molar-refractivity contribution in [2.45, 2.75) is 26.0 Å². The molecule has 0 bridgehead atoms. The topological polar surface area (TPSA) is 61.6 Å². The van der Waals surface area contributed by atoms with Crippen molar-refractivity contribution in [3.63, 3.8) is 0 Å². The summed E-state index contributed by atoms with van der Waals surface area (Å²) in [5, 5.41) is 4.45. The van der Waals surface area contributed by atoms with E-state index in [1.807, 2.05) is 36.1 Å². The van der Waals surface area contributed by atoms with E-state index >= 15 is 0 Å². The van der Waals surface area contributed by atoms with Gasteiger partial charge in [0.15, 0.2) is 0 Å². The van der Waals surface area contributed by atoms with Crippen LogP contribution in [0.15, 0.2) is 42.7 Å². The van der Waals surface area contributed by atoms with Gasteiger partial charge in [-0.05, 0) is 36.8 Å². The van der Waals surface area contributed by atoms with Crippen LogP contribution in [0.1, 0.15) is 34.2 Å². The van der Waals surface area contributed by atoms with Crippen molar-refractivity contribution in [3.8, 4) is 11.5 Å². The minimum Gasteiger partial charge on any atom is -0.497 e. The number of hydrogen-bond donors (Lipinski definition) is 0. The minimum absolute atomic E-state index is 0.0221. The molecule has 0 aliphatic carbocycles. The normalized spacial score (nSPS) is 17.0. The summed E-state index contributed by atoms with van der Waals surface area (Å²) in [6.45, 7) is 5.38. The van der Waals surface area contributed by atoms with Crippen LogP contribution in [0, 0.1) is 6.92 Å². The zero-order chi connectivity index (χ0) is 21.8. The number of pyridine rings is 1. The van der Waals surface area contributed by atoms with E-state index in [1.165, 1.54) is 5.56 Å². The Balaban J connectivity index is 1.42. The van der Waals surface area contributed by atoms with Crippen LogP contribution in [-0.4, -0.2) is 53.6 Å². The van der Waals surface area contributed by atoms with Gasteiger partial charge in [0.05, 0.1) is 32.2 Å². The molecule has 1 saturated heterocycles. The quantitative estimate of drug-likeness (QED) is 0.582. The predicted molar refractivity (Wildman–Crippen MR) is 119 cm³/mol. The van der Waals surface area contributed by atoms with Crippen LogP contribution in [-0.2, 0) is 24.8 Å². The highest BCUT2D eigenvalue weighted by molar-refractivity contribution is 5.42. The Kier molecular flexibility index (Phi) is 6.53. The summed E-state index contributed by atoms with van der Waals surface area (Å²) in [6.07, 6.45) is 4.73. The molecular weight excluding hydrogens is 392 g/mol.